The third kappa shape index (κ3) is 5.30. The van der Waals surface area contributed by atoms with Gasteiger partial charge in [-0.25, -0.2) is 0 Å². The number of carbonyl (C=O) groups excluding carboxylic acids is 1. The van der Waals surface area contributed by atoms with Gasteiger partial charge in [0, 0.05) is 6.04 Å². The van der Waals surface area contributed by atoms with Gasteiger partial charge in [-0.3, -0.25) is 9.36 Å². The van der Waals surface area contributed by atoms with Gasteiger partial charge >= 0.3 is 7.60 Å². The van der Waals surface area contributed by atoms with Gasteiger partial charge in [0.15, 0.2) is 0 Å². The van der Waals surface area contributed by atoms with Crippen molar-refractivity contribution in [3.63, 3.8) is 0 Å². The lowest BCUT2D eigenvalue weighted by atomic mass is 10.2. The average molecular weight is 265 g/mol. The summed E-state index contributed by atoms with van der Waals surface area (Å²) in [7, 11) is -3.53. The monoisotopic (exact) mass is 265 g/mol. The lowest BCUT2D eigenvalue weighted by molar-refractivity contribution is -0.117. The molecule has 0 radical (unpaired) electrons. The minimum atomic E-state index is -3.53. The van der Waals surface area contributed by atoms with Gasteiger partial charge in [-0.05, 0) is 41.5 Å². The fourth-order valence-corrected chi connectivity index (χ4v) is 4.13. The van der Waals surface area contributed by atoms with E-state index in [4.69, 9.17) is 14.8 Å². The maximum atomic E-state index is 12.7. The van der Waals surface area contributed by atoms with E-state index in [0.29, 0.717) is 0 Å². The number of ketones is 1. The molecule has 0 heterocycles. The Bertz CT molecular complexity index is 288. The van der Waals surface area contributed by atoms with Crippen LogP contribution in [0, 0.1) is 0 Å². The van der Waals surface area contributed by atoms with E-state index in [1.54, 1.807) is 34.6 Å². The smallest absolute Gasteiger partial charge is 0.327 e. The van der Waals surface area contributed by atoms with Gasteiger partial charge in [-0.2, -0.15) is 0 Å². The second-order valence-corrected chi connectivity index (χ2v) is 6.82. The standard InChI is InChI=1S/C11H24NO4P/c1-7(2)15-17(14,16-8(3)4)11(9(5)12)10(6)13/h7-9,11H,12H2,1-6H3. The molecule has 0 aromatic carbocycles. The number of rotatable bonds is 7. The van der Waals surface area contributed by atoms with E-state index in [9.17, 15) is 9.36 Å². The molecule has 0 fully saturated rings. The van der Waals surface area contributed by atoms with Gasteiger partial charge in [0.05, 0.1) is 12.2 Å². The van der Waals surface area contributed by atoms with Crippen LogP contribution in [0.15, 0.2) is 0 Å². The van der Waals surface area contributed by atoms with E-state index in [-0.39, 0.29) is 18.0 Å². The summed E-state index contributed by atoms with van der Waals surface area (Å²) in [6.45, 7) is 9.97. The van der Waals surface area contributed by atoms with E-state index in [1.807, 2.05) is 0 Å². The first kappa shape index (κ1) is 16.8. The summed E-state index contributed by atoms with van der Waals surface area (Å²) in [6, 6.07) is -0.573. The molecule has 0 saturated carbocycles. The Balaban J connectivity index is 5.25. The minimum absolute atomic E-state index is 0.273. The molecule has 0 rings (SSSR count). The lowest BCUT2D eigenvalue weighted by Crippen LogP contribution is -2.39. The molecule has 0 amide bonds. The molecule has 0 aromatic heterocycles. The van der Waals surface area contributed by atoms with Crippen molar-refractivity contribution in [2.24, 2.45) is 5.73 Å². The van der Waals surface area contributed by atoms with Crippen LogP contribution in [0.25, 0.3) is 0 Å². The predicted octanol–water partition coefficient (Wildman–Crippen LogP) is 2.33. The van der Waals surface area contributed by atoms with E-state index >= 15 is 0 Å². The lowest BCUT2D eigenvalue weighted by Gasteiger charge is -2.30. The van der Waals surface area contributed by atoms with Crippen LogP contribution in [0.2, 0.25) is 0 Å². The van der Waals surface area contributed by atoms with Crippen LogP contribution in [0.5, 0.6) is 0 Å². The highest BCUT2D eigenvalue weighted by molar-refractivity contribution is 7.55. The summed E-state index contributed by atoms with van der Waals surface area (Å²) < 4.78 is 23.4. The van der Waals surface area contributed by atoms with Gasteiger partial charge in [-0.1, -0.05) is 0 Å². The maximum Gasteiger partial charge on any atom is 0.343 e. The molecular formula is C11H24NO4P. The second-order valence-electron chi connectivity index (χ2n) is 4.76. The van der Waals surface area contributed by atoms with Crippen molar-refractivity contribution in [1.82, 2.24) is 0 Å². The Morgan fingerprint density at radius 3 is 1.59 bits per heavy atom. The molecule has 6 heteroatoms. The second kappa shape index (κ2) is 6.64. The van der Waals surface area contributed by atoms with Gasteiger partial charge < -0.3 is 14.8 Å². The number of carbonyl (C=O) groups is 1. The highest BCUT2D eigenvalue weighted by Gasteiger charge is 2.43. The van der Waals surface area contributed by atoms with Crippen LogP contribution in [0.4, 0.5) is 0 Å². The molecule has 0 saturated heterocycles. The predicted molar refractivity (Wildman–Crippen MR) is 68.2 cm³/mol. The molecular weight excluding hydrogens is 241 g/mol. The zero-order chi connectivity index (χ0) is 13.8. The average Bonchev–Trinajstić information content (AvgIpc) is 1.95. The Morgan fingerprint density at radius 1 is 1.06 bits per heavy atom. The SMILES string of the molecule is CC(=O)C(C(C)N)P(=O)(OC(C)C)OC(C)C. The minimum Gasteiger partial charge on any atom is -0.327 e. The van der Waals surface area contributed by atoms with Crippen LogP contribution < -0.4 is 5.73 Å². The van der Waals surface area contributed by atoms with Crippen LogP contribution in [0.3, 0.4) is 0 Å². The van der Waals surface area contributed by atoms with Crippen molar-refractivity contribution >= 4 is 13.4 Å². The van der Waals surface area contributed by atoms with E-state index in [0.717, 1.165) is 0 Å². The molecule has 0 aliphatic carbocycles. The molecule has 0 spiro atoms. The van der Waals surface area contributed by atoms with Crippen LogP contribution in [-0.4, -0.2) is 29.7 Å². The highest BCUT2D eigenvalue weighted by atomic mass is 31.2. The van der Waals surface area contributed by atoms with Crippen LogP contribution in [-0.2, 0) is 18.4 Å². The Kier molecular flexibility index (Phi) is 6.56. The normalized spacial score (nSPS) is 16.3. The highest BCUT2D eigenvalue weighted by Crippen LogP contribution is 2.56. The quantitative estimate of drug-likeness (QED) is 0.715. The van der Waals surface area contributed by atoms with Gasteiger partial charge in [0.25, 0.3) is 0 Å². The molecule has 0 bridgehead atoms. The summed E-state index contributed by atoms with van der Waals surface area (Å²) in [4.78, 5) is 11.6. The number of Topliss-reactive ketones (excluding diaryl/α,β-unsaturated/α-hetero) is 1. The van der Waals surface area contributed by atoms with E-state index in [2.05, 4.69) is 0 Å². The summed E-state index contributed by atoms with van der Waals surface area (Å²) in [5, 5.41) is 0. The Morgan fingerprint density at radius 2 is 1.41 bits per heavy atom. The number of hydrogen-bond donors (Lipinski definition) is 1. The molecule has 2 N–H and O–H groups in total. The van der Waals surface area contributed by atoms with Gasteiger partial charge in [0.2, 0.25) is 0 Å². The third-order valence-corrected chi connectivity index (χ3v) is 4.92. The zero-order valence-corrected chi connectivity index (χ0v) is 12.4. The van der Waals surface area contributed by atoms with E-state index in [1.165, 1.54) is 6.92 Å². The van der Waals surface area contributed by atoms with Crippen molar-refractivity contribution in [2.75, 3.05) is 0 Å². The largest absolute Gasteiger partial charge is 0.343 e. The van der Waals surface area contributed by atoms with Crippen molar-refractivity contribution < 1.29 is 18.4 Å². The molecule has 0 aromatic rings. The summed E-state index contributed by atoms with van der Waals surface area (Å²) in [5.41, 5.74) is 4.81. The summed E-state index contributed by atoms with van der Waals surface area (Å²) >= 11 is 0. The fraction of sp³-hybridized carbons (Fsp3) is 0.909. The first-order valence-corrected chi connectivity index (χ1v) is 7.44. The number of nitrogens with two attached hydrogens (primary N) is 1. The molecule has 2 unspecified atom stereocenters. The third-order valence-electron chi connectivity index (χ3n) is 1.97. The van der Waals surface area contributed by atoms with Crippen molar-refractivity contribution in [1.29, 1.82) is 0 Å². The van der Waals surface area contributed by atoms with Gasteiger partial charge in [-0.15, -0.1) is 0 Å². The van der Waals surface area contributed by atoms with Crippen molar-refractivity contribution in [2.45, 2.75) is 65.5 Å². The van der Waals surface area contributed by atoms with Gasteiger partial charge in [0.1, 0.15) is 11.4 Å². The zero-order valence-electron chi connectivity index (χ0n) is 11.5. The first-order chi connectivity index (χ1) is 7.60. The summed E-state index contributed by atoms with van der Waals surface area (Å²) in [5.74, 6) is -0.273. The van der Waals surface area contributed by atoms with E-state index < -0.39 is 19.3 Å². The summed E-state index contributed by atoms with van der Waals surface area (Å²) in [6.07, 6.45) is -0.583. The van der Waals surface area contributed by atoms with Crippen LogP contribution in [0.1, 0.15) is 41.5 Å². The topological polar surface area (TPSA) is 78.6 Å². The van der Waals surface area contributed by atoms with Crippen LogP contribution >= 0.6 is 7.60 Å². The molecule has 5 nitrogen and oxygen atoms in total. The molecule has 102 valence electrons. The first-order valence-electron chi connectivity index (χ1n) is 5.82. The molecule has 0 aliphatic rings. The number of hydrogen-bond acceptors (Lipinski definition) is 5. The molecule has 2 atom stereocenters. The Labute approximate surface area is 104 Å². The molecule has 17 heavy (non-hydrogen) atoms. The van der Waals surface area contributed by atoms with Crippen molar-refractivity contribution in [3.05, 3.63) is 0 Å². The maximum absolute atomic E-state index is 12.7. The fourth-order valence-electron chi connectivity index (χ4n) is 1.62. The molecule has 0 aliphatic heterocycles. The Hall–Kier alpha value is -0.220. The van der Waals surface area contributed by atoms with Crippen molar-refractivity contribution in [3.8, 4) is 0 Å².